The Labute approximate surface area is 144 Å². The van der Waals surface area contributed by atoms with E-state index >= 15 is 0 Å². The third-order valence-electron chi connectivity index (χ3n) is 4.27. The second-order valence-corrected chi connectivity index (χ2v) is 7.25. The monoisotopic (exact) mass is 344 g/mol. The van der Waals surface area contributed by atoms with Gasteiger partial charge in [-0.3, -0.25) is 14.6 Å². The van der Waals surface area contributed by atoms with Crippen molar-refractivity contribution in [3.63, 3.8) is 0 Å². The van der Waals surface area contributed by atoms with Crippen LogP contribution in [-0.2, 0) is 22.7 Å². The molecule has 0 spiro atoms. The molecule has 2 aromatic heterocycles. The number of fused-ring (bicyclic) bond motifs is 1. The van der Waals surface area contributed by atoms with Crippen LogP contribution in [0.4, 0.5) is 0 Å². The van der Waals surface area contributed by atoms with Crippen molar-refractivity contribution in [2.75, 3.05) is 6.54 Å². The minimum atomic E-state index is -0.444. The number of hydrogen-bond donors (Lipinski definition) is 1. The number of thiazole rings is 1. The average molecular weight is 344 g/mol. The molecule has 1 N–H and O–H groups in total. The van der Waals surface area contributed by atoms with Crippen molar-refractivity contribution >= 4 is 23.2 Å². The summed E-state index contributed by atoms with van der Waals surface area (Å²) in [5.41, 5.74) is 2.69. The van der Waals surface area contributed by atoms with Crippen LogP contribution < -0.4 is 5.32 Å². The Morgan fingerprint density at radius 3 is 2.88 bits per heavy atom. The normalized spacial score (nSPS) is 16.6. The lowest BCUT2D eigenvalue weighted by molar-refractivity contribution is -0.131. The lowest BCUT2D eigenvalue weighted by atomic mass is 9.94. The van der Waals surface area contributed by atoms with E-state index in [0.717, 1.165) is 26.8 Å². The highest BCUT2D eigenvalue weighted by Gasteiger charge is 2.32. The van der Waals surface area contributed by atoms with Crippen LogP contribution in [0.3, 0.4) is 0 Å². The molecule has 0 aliphatic carbocycles. The Balaban J connectivity index is 1.76. The molecule has 0 saturated carbocycles. The second kappa shape index (κ2) is 6.68. The molecule has 2 amide bonds. The fourth-order valence-corrected chi connectivity index (χ4v) is 3.70. The van der Waals surface area contributed by atoms with E-state index in [-0.39, 0.29) is 11.8 Å². The molecular formula is C17H20N4O2S. The number of nitrogens with zero attached hydrogens (tertiary/aromatic N) is 3. The summed E-state index contributed by atoms with van der Waals surface area (Å²) in [5.74, 6) is -0.596. The topological polar surface area (TPSA) is 75.2 Å². The Kier molecular flexibility index (Phi) is 4.62. The van der Waals surface area contributed by atoms with Crippen LogP contribution in [0.5, 0.6) is 0 Å². The zero-order valence-electron chi connectivity index (χ0n) is 14.0. The first-order valence-electron chi connectivity index (χ1n) is 7.85. The summed E-state index contributed by atoms with van der Waals surface area (Å²) in [6.45, 7) is 6.77. The highest BCUT2D eigenvalue weighted by molar-refractivity contribution is 7.11. The van der Waals surface area contributed by atoms with Gasteiger partial charge in [-0.05, 0) is 25.5 Å². The molecule has 0 radical (unpaired) electrons. The molecule has 0 fully saturated rings. The number of amides is 2. The maximum atomic E-state index is 12.7. The molecular weight excluding hydrogens is 324 g/mol. The average Bonchev–Trinajstić information content (AvgIpc) is 2.89. The molecule has 6 nitrogen and oxygen atoms in total. The van der Waals surface area contributed by atoms with E-state index in [1.165, 1.54) is 6.92 Å². The third kappa shape index (κ3) is 3.31. The van der Waals surface area contributed by atoms with Gasteiger partial charge in [-0.15, -0.1) is 11.3 Å². The van der Waals surface area contributed by atoms with E-state index in [2.05, 4.69) is 15.3 Å². The third-order valence-corrected chi connectivity index (χ3v) is 5.34. The molecule has 24 heavy (non-hydrogen) atoms. The van der Waals surface area contributed by atoms with E-state index in [1.54, 1.807) is 22.4 Å². The number of hydrogen-bond acceptors (Lipinski definition) is 5. The van der Waals surface area contributed by atoms with Gasteiger partial charge in [0.1, 0.15) is 5.01 Å². The van der Waals surface area contributed by atoms with Crippen LogP contribution in [0.15, 0.2) is 18.3 Å². The van der Waals surface area contributed by atoms with Gasteiger partial charge in [-0.25, -0.2) is 4.98 Å². The van der Waals surface area contributed by atoms with E-state index in [4.69, 9.17) is 0 Å². The fourth-order valence-electron chi connectivity index (χ4n) is 2.82. The molecule has 7 heteroatoms. The molecule has 0 bridgehead atoms. The minimum absolute atomic E-state index is 0.0338. The predicted molar refractivity (Wildman–Crippen MR) is 91.5 cm³/mol. The number of nitrogens with one attached hydrogen (secondary N) is 1. The number of carbonyl (C=O) groups is 2. The Morgan fingerprint density at radius 2 is 2.21 bits per heavy atom. The zero-order chi connectivity index (χ0) is 17.3. The van der Waals surface area contributed by atoms with Gasteiger partial charge in [0.2, 0.25) is 11.8 Å². The number of carbonyl (C=O) groups excluding carboxylic acids is 2. The molecule has 0 aromatic carbocycles. The second-order valence-electron chi connectivity index (χ2n) is 5.97. The standard InChI is InChI=1S/C17H20N4O2S/c1-10-11(2)24-15(20-10)7-19-17(23)14-9-21(12(3)22)8-13-5-4-6-18-16(13)14/h4-6,14H,7-9H2,1-3H3,(H,19,23). The van der Waals surface area contributed by atoms with Gasteiger partial charge < -0.3 is 10.2 Å². The molecule has 1 aliphatic heterocycles. The van der Waals surface area contributed by atoms with E-state index < -0.39 is 5.92 Å². The van der Waals surface area contributed by atoms with Crippen LogP contribution >= 0.6 is 11.3 Å². The van der Waals surface area contributed by atoms with Gasteiger partial charge in [-0.2, -0.15) is 0 Å². The number of pyridine rings is 1. The zero-order valence-corrected chi connectivity index (χ0v) is 14.8. The highest BCUT2D eigenvalue weighted by atomic mass is 32.1. The van der Waals surface area contributed by atoms with Crippen molar-refractivity contribution in [2.24, 2.45) is 0 Å². The molecule has 3 rings (SSSR count). The van der Waals surface area contributed by atoms with Crippen LogP contribution in [0.1, 0.15) is 39.7 Å². The van der Waals surface area contributed by atoms with E-state index in [1.807, 2.05) is 26.0 Å². The van der Waals surface area contributed by atoms with Gasteiger partial charge in [0.25, 0.3) is 0 Å². The van der Waals surface area contributed by atoms with Crippen molar-refractivity contribution < 1.29 is 9.59 Å². The summed E-state index contributed by atoms with van der Waals surface area (Å²) in [4.78, 5) is 36.1. The first-order chi connectivity index (χ1) is 11.5. The number of rotatable bonds is 3. The molecule has 1 aliphatic rings. The molecule has 1 unspecified atom stereocenters. The predicted octanol–water partition coefficient (Wildman–Crippen LogP) is 1.92. The van der Waals surface area contributed by atoms with Crippen molar-refractivity contribution in [3.8, 4) is 0 Å². The van der Waals surface area contributed by atoms with Crippen molar-refractivity contribution in [3.05, 3.63) is 45.2 Å². The van der Waals surface area contributed by atoms with Gasteiger partial charge in [0.15, 0.2) is 0 Å². The maximum Gasteiger partial charge on any atom is 0.231 e. The summed E-state index contributed by atoms with van der Waals surface area (Å²) in [5, 5.41) is 3.83. The molecule has 0 saturated heterocycles. The van der Waals surface area contributed by atoms with Crippen LogP contribution in [0.25, 0.3) is 0 Å². The smallest absolute Gasteiger partial charge is 0.231 e. The first kappa shape index (κ1) is 16.6. The quantitative estimate of drug-likeness (QED) is 0.923. The maximum absolute atomic E-state index is 12.7. The van der Waals surface area contributed by atoms with Crippen LogP contribution in [0, 0.1) is 13.8 Å². The van der Waals surface area contributed by atoms with Crippen molar-refractivity contribution in [2.45, 2.75) is 39.8 Å². The van der Waals surface area contributed by atoms with Crippen LogP contribution in [-0.4, -0.2) is 33.2 Å². The lowest BCUT2D eigenvalue weighted by Crippen LogP contribution is -2.43. The molecule has 126 valence electrons. The number of aromatic nitrogens is 2. The SMILES string of the molecule is CC(=O)N1Cc2cccnc2C(C(=O)NCc2nc(C)c(C)s2)C1. The Morgan fingerprint density at radius 1 is 1.42 bits per heavy atom. The summed E-state index contributed by atoms with van der Waals surface area (Å²) in [6.07, 6.45) is 1.69. The minimum Gasteiger partial charge on any atom is -0.349 e. The Hall–Kier alpha value is -2.28. The van der Waals surface area contributed by atoms with Crippen molar-refractivity contribution in [1.29, 1.82) is 0 Å². The molecule has 1 atom stereocenters. The summed E-state index contributed by atoms with van der Waals surface area (Å²) in [7, 11) is 0. The summed E-state index contributed by atoms with van der Waals surface area (Å²) >= 11 is 1.59. The Bertz CT molecular complexity index is 767. The first-order valence-corrected chi connectivity index (χ1v) is 8.67. The van der Waals surface area contributed by atoms with Gasteiger partial charge in [0, 0.05) is 31.1 Å². The number of aryl methyl sites for hydroxylation is 2. The highest BCUT2D eigenvalue weighted by Crippen LogP contribution is 2.27. The lowest BCUT2D eigenvalue weighted by Gasteiger charge is -2.32. The van der Waals surface area contributed by atoms with E-state index in [9.17, 15) is 9.59 Å². The van der Waals surface area contributed by atoms with E-state index in [0.29, 0.717) is 19.6 Å². The van der Waals surface area contributed by atoms with Crippen molar-refractivity contribution in [1.82, 2.24) is 20.2 Å². The van der Waals surface area contributed by atoms with Gasteiger partial charge in [0.05, 0.1) is 23.9 Å². The summed E-state index contributed by atoms with van der Waals surface area (Å²) in [6, 6.07) is 3.75. The summed E-state index contributed by atoms with van der Waals surface area (Å²) < 4.78 is 0. The molecule has 3 heterocycles. The van der Waals surface area contributed by atoms with Gasteiger partial charge >= 0.3 is 0 Å². The largest absolute Gasteiger partial charge is 0.349 e. The molecule has 2 aromatic rings. The fraction of sp³-hybridized carbons (Fsp3) is 0.412. The van der Waals surface area contributed by atoms with Gasteiger partial charge in [-0.1, -0.05) is 6.07 Å². The van der Waals surface area contributed by atoms with Crippen LogP contribution in [0.2, 0.25) is 0 Å².